The van der Waals surface area contributed by atoms with Crippen LogP contribution in [0.4, 0.5) is 0 Å². The Kier molecular flexibility index (Phi) is 6.99. The first kappa shape index (κ1) is 21.1. The van der Waals surface area contributed by atoms with E-state index in [4.69, 9.17) is 9.47 Å². The van der Waals surface area contributed by atoms with E-state index in [9.17, 15) is 13.2 Å². The van der Waals surface area contributed by atoms with Gasteiger partial charge >= 0.3 is 0 Å². The molecule has 0 N–H and O–H groups in total. The van der Waals surface area contributed by atoms with Crippen LogP contribution in [0.25, 0.3) is 0 Å². The molecule has 1 amide bonds. The Labute approximate surface area is 168 Å². The van der Waals surface area contributed by atoms with Gasteiger partial charge in [0.25, 0.3) is 0 Å². The number of carbonyl (C=O) groups is 1. The minimum atomic E-state index is -3.02. The molecule has 156 valence electrons. The van der Waals surface area contributed by atoms with Crippen LogP contribution in [0.3, 0.4) is 0 Å². The Hall–Kier alpha value is -1.60. The van der Waals surface area contributed by atoms with Crippen molar-refractivity contribution in [3.05, 3.63) is 29.8 Å². The number of rotatable bonds is 7. The number of piperidine rings is 1. The molecule has 6 nitrogen and oxygen atoms in total. The fourth-order valence-electron chi connectivity index (χ4n) is 3.64. The molecule has 1 aromatic rings. The van der Waals surface area contributed by atoms with Crippen LogP contribution in [-0.4, -0.2) is 62.6 Å². The highest BCUT2D eigenvalue weighted by Crippen LogP contribution is 2.22. The summed E-state index contributed by atoms with van der Waals surface area (Å²) in [5.41, 5.74) is 0.963. The third-order valence-corrected chi connectivity index (χ3v) is 8.00. The zero-order chi connectivity index (χ0) is 20.1. The van der Waals surface area contributed by atoms with E-state index >= 15 is 0 Å². The summed E-state index contributed by atoms with van der Waals surface area (Å²) >= 11 is 0. The number of likely N-dealkylation sites (tertiary alicyclic amines) is 1. The number of sulfone groups is 1. The van der Waals surface area contributed by atoms with Crippen LogP contribution < -0.4 is 4.74 Å². The lowest BCUT2D eigenvalue weighted by Gasteiger charge is -2.32. The van der Waals surface area contributed by atoms with Crippen LogP contribution in [-0.2, 0) is 25.8 Å². The molecule has 28 heavy (non-hydrogen) atoms. The summed E-state index contributed by atoms with van der Waals surface area (Å²) in [4.78, 5) is 14.5. The molecule has 0 radical (unpaired) electrons. The average molecular weight is 410 g/mol. The maximum absolute atomic E-state index is 12.6. The fraction of sp³-hybridized carbons (Fsp3) is 0.667. The van der Waals surface area contributed by atoms with Gasteiger partial charge < -0.3 is 14.4 Å². The van der Waals surface area contributed by atoms with Crippen LogP contribution in [0.2, 0.25) is 0 Å². The molecule has 1 unspecified atom stereocenters. The number of hydrogen-bond donors (Lipinski definition) is 0. The molecule has 1 aromatic carbocycles. The molecule has 2 saturated heterocycles. The van der Waals surface area contributed by atoms with Crippen molar-refractivity contribution in [1.29, 1.82) is 0 Å². The summed E-state index contributed by atoms with van der Waals surface area (Å²) in [6.45, 7) is 6.11. The normalized spacial score (nSPS) is 21.2. The molecule has 1 atom stereocenters. The highest BCUT2D eigenvalue weighted by atomic mass is 32.2. The molecule has 0 aromatic heterocycles. The SMILES string of the molecule is CC(C)S(=O)(=O)CC1CCN(C(=O)Cc2ccc(OC3CCOC3)cc2)CC1. The van der Waals surface area contributed by atoms with Gasteiger partial charge in [0.1, 0.15) is 11.9 Å². The maximum atomic E-state index is 12.6. The minimum absolute atomic E-state index is 0.100. The smallest absolute Gasteiger partial charge is 0.226 e. The number of benzene rings is 1. The quantitative estimate of drug-likeness (QED) is 0.692. The maximum Gasteiger partial charge on any atom is 0.226 e. The molecule has 0 bridgehead atoms. The van der Waals surface area contributed by atoms with Crippen LogP contribution in [0.15, 0.2) is 24.3 Å². The van der Waals surface area contributed by atoms with E-state index in [0.29, 0.717) is 26.1 Å². The lowest BCUT2D eigenvalue weighted by atomic mass is 9.98. The Morgan fingerprint density at radius 2 is 1.86 bits per heavy atom. The van der Waals surface area contributed by atoms with E-state index in [0.717, 1.165) is 37.2 Å². The molecule has 0 spiro atoms. The Morgan fingerprint density at radius 3 is 2.43 bits per heavy atom. The zero-order valence-electron chi connectivity index (χ0n) is 16.8. The van der Waals surface area contributed by atoms with Gasteiger partial charge in [0.05, 0.1) is 30.6 Å². The second-order valence-corrected chi connectivity index (χ2v) is 10.7. The number of ether oxygens (including phenoxy) is 2. The summed E-state index contributed by atoms with van der Waals surface area (Å²) in [5.74, 6) is 1.30. The highest BCUT2D eigenvalue weighted by Gasteiger charge is 2.28. The van der Waals surface area contributed by atoms with Crippen molar-refractivity contribution in [1.82, 2.24) is 4.90 Å². The molecule has 0 saturated carbocycles. The number of amides is 1. The van der Waals surface area contributed by atoms with Crippen molar-refractivity contribution in [3.8, 4) is 5.75 Å². The summed E-state index contributed by atoms with van der Waals surface area (Å²) in [5, 5.41) is -0.333. The summed E-state index contributed by atoms with van der Waals surface area (Å²) in [6, 6.07) is 7.68. The van der Waals surface area contributed by atoms with Crippen LogP contribution in [0, 0.1) is 5.92 Å². The molecule has 7 heteroatoms. The van der Waals surface area contributed by atoms with Gasteiger partial charge in [-0.15, -0.1) is 0 Å². The van der Waals surface area contributed by atoms with Crippen molar-refractivity contribution >= 4 is 15.7 Å². The second kappa shape index (κ2) is 9.27. The monoisotopic (exact) mass is 409 g/mol. The van der Waals surface area contributed by atoms with Gasteiger partial charge in [0.15, 0.2) is 9.84 Å². The molecule has 3 rings (SSSR count). The van der Waals surface area contributed by atoms with Gasteiger partial charge in [0.2, 0.25) is 5.91 Å². The predicted molar refractivity (Wildman–Crippen MR) is 108 cm³/mol. The zero-order valence-corrected chi connectivity index (χ0v) is 17.6. The first-order valence-corrected chi connectivity index (χ1v) is 11.9. The summed E-state index contributed by atoms with van der Waals surface area (Å²) in [7, 11) is -3.02. The minimum Gasteiger partial charge on any atom is -0.488 e. The fourth-order valence-corrected chi connectivity index (χ4v) is 5.02. The topological polar surface area (TPSA) is 72.9 Å². The van der Waals surface area contributed by atoms with Gasteiger partial charge in [-0.1, -0.05) is 12.1 Å². The molecule has 2 aliphatic heterocycles. The standard InChI is InChI=1S/C21H31NO5S/c1-16(2)28(24,25)15-18-7-10-22(11-8-18)21(23)13-17-3-5-19(6-4-17)27-20-9-12-26-14-20/h3-6,16,18,20H,7-15H2,1-2H3. The van der Waals surface area contributed by atoms with Crippen molar-refractivity contribution in [2.24, 2.45) is 5.92 Å². The van der Waals surface area contributed by atoms with Crippen molar-refractivity contribution in [2.75, 3.05) is 32.1 Å². The van der Waals surface area contributed by atoms with Gasteiger partial charge in [0, 0.05) is 19.5 Å². The highest BCUT2D eigenvalue weighted by molar-refractivity contribution is 7.91. The van der Waals surface area contributed by atoms with Crippen LogP contribution in [0.5, 0.6) is 5.75 Å². The molecule has 2 aliphatic rings. The third-order valence-electron chi connectivity index (χ3n) is 5.62. The Balaban J connectivity index is 1.45. The molecular weight excluding hydrogens is 378 g/mol. The second-order valence-electron chi connectivity index (χ2n) is 8.13. The lowest BCUT2D eigenvalue weighted by Crippen LogP contribution is -2.41. The molecular formula is C21H31NO5S. The summed E-state index contributed by atoms with van der Waals surface area (Å²) < 4.78 is 35.3. The van der Waals surface area contributed by atoms with E-state index in [1.807, 2.05) is 29.2 Å². The first-order valence-electron chi connectivity index (χ1n) is 10.2. The predicted octanol–water partition coefficient (Wildman–Crippen LogP) is 2.46. The molecule has 2 fully saturated rings. The largest absolute Gasteiger partial charge is 0.488 e. The number of carbonyl (C=O) groups excluding carboxylic acids is 1. The first-order chi connectivity index (χ1) is 13.3. The van der Waals surface area contributed by atoms with E-state index < -0.39 is 9.84 Å². The van der Waals surface area contributed by atoms with Gasteiger partial charge in [-0.25, -0.2) is 8.42 Å². The Bertz CT molecular complexity index is 746. The van der Waals surface area contributed by atoms with Crippen molar-refractivity contribution in [2.45, 2.75) is 50.9 Å². The average Bonchev–Trinajstić information content (AvgIpc) is 3.16. The van der Waals surface area contributed by atoms with Crippen LogP contribution in [0.1, 0.15) is 38.7 Å². The van der Waals surface area contributed by atoms with E-state index in [2.05, 4.69) is 0 Å². The van der Waals surface area contributed by atoms with E-state index in [-0.39, 0.29) is 28.9 Å². The number of hydrogen-bond acceptors (Lipinski definition) is 5. The van der Waals surface area contributed by atoms with Gasteiger partial charge in [-0.2, -0.15) is 0 Å². The Morgan fingerprint density at radius 1 is 1.18 bits per heavy atom. The molecule has 2 heterocycles. The number of nitrogens with zero attached hydrogens (tertiary/aromatic N) is 1. The van der Waals surface area contributed by atoms with Gasteiger partial charge in [-0.3, -0.25) is 4.79 Å². The lowest BCUT2D eigenvalue weighted by molar-refractivity contribution is -0.131. The van der Waals surface area contributed by atoms with Crippen molar-refractivity contribution in [3.63, 3.8) is 0 Å². The van der Waals surface area contributed by atoms with Gasteiger partial charge in [-0.05, 0) is 50.3 Å². The van der Waals surface area contributed by atoms with Crippen LogP contribution >= 0.6 is 0 Å². The molecule has 0 aliphatic carbocycles. The summed E-state index contributed by atoms with van der Waals surface area (Å²) in [6.07, 6.45) is 2.91. The van der Waals surface area contributed by atoms with Crippen molar-refractivity contribution < 1.29 is 22.7 Å². The van der Waals surface area contributed by atoms with E-state index in [1.54, 1.807) is 13.8 Å². The third kappa shape index (κ3) is 5.70. The van der Waals surface area contributed by atoms with E-state index in [1.165, 1.54) is 0 Å².